The largest absolute Gasteiger partial charge is 0.416 e. The highest BCUT2D eigenvalue weighted by molar-refractivity contribution is 7.20. The van der Waals surface area contributed by atoms with E-state index in [2.05, 4.69) is 4.98 Å². The predicted octanol–water partition coefficient (Wildman–Crippen LogP) is 3.94. The Labute approximate surface area is 123 Å². The van der Waals surface area contributed by atoms with Gasteiger partial charge in [0.15, 0.2) is 5.01 Å². The number of halogens is 3. The molecule has 0 N–H and O–H groups in total. The number of alkyl halides is 3. The Hall–Kier alpha value is -1.63. The zero-order chi connectivity index (χ0) is 15.0. The topological polar surface area (TPSA) is 33.2 Å². The average molecular weight is 314 g/mol. The first-order chi connectivity index (χ1) is 9.95. The van der Waals surface area contributed by atoms with E-state index in [9.17, 15) is 18.0 Å². The van der Waals surface area contributed by atoms with E-state index in [-0.39, 0.29) is 16.4 Å². The molecule has 1 aliphatic rings. The lowest BCUT2D eigenvalue weighted by Crippen LogP contribution is -2.35. The number of nitrogens with zero attached hydrogens (tertiary/aromatic N) is 2. The fourth-order valence-corrected chi connectivity index (χ4v) is 3.34. The molecule has 3 rings (SSSR count). The first-order valence-corrected chi connectivity index (χ1v) is 7.54. The molecule has 1 aromatic heterocycles. The van der Waals surface area contributed by atoms with Crippen molar-refractivity contribution in [1.29, 1.82) is 0 Å². The van der Waals surface area contributed by atoms with Crippen molar-refractivity contribution in [2.24, 2.45) is 0 Å². The Balaban J connectivity index is 1.91. The van der Waals surface area contributed by atoms with Gasteiger partial charge in [0.2, 0.25) is 0 Å². The number of fused-ring (bicyclic) bond motifs is 1. The highest BCUT2D eigenvalue weighted by Crippen LogP contribution is 2.33. The summed E-state index contributed by atoms with van der Waals surface area (Å²) in [6.07, 6.45) is -1.35. The molecule has 1 aliphatic heterocycles. The van der Waals surface area contributed by atoms with Gasteiger partial charge in [-0.15, -0.1) is 11.3 Å². The standard InChI is InChI=1S/C14H13F3N2OS/c15-14(16,17)9-4-5-11-10(8-9)18-12(21-11)13(20)19-6-2-1-3-7-19/h4-5,8H,1-3,6-7H2. The third-order valence-electron chi connectivity index (χ3n) is 3.54. The van der Waals surface area contributed by atoms with Crippen molar-refractivity contribution >= 4 is 27.5 Å². The second-order valence-electron chi connectivity index (χ2n) is 5.05. The van der Waals surface area contributed by atoms with Crippen LogP contribution in [0, 0.1) is 0 Å². The van der Waals surface area contributed by atoms with Crippen molar-refractivity contribution in [3.05, 3.63) is 28.8 Å². The van der Waals surface area contributed by atoms with Crippen LogP contribution in [0.1, 0.15) is 34.6 Å². The van der Waals surface area contributed by atoms with Gasteiger partial charge in [-0.25, -0.2) is 4.98 Å². The van der Waals surface area contributed by atoms with Crippen LogP contribution < -0.4 is 0 Å². The summed E-state index contributed by atoms with van der Waals surface area (Å²) < 4.78 is 38.6. The number of likely N-dealkylation sites (tertiary alicyclic amines) is 1. The number of aromatic nitrogens is 1. The van der Waals surface area contributed by atoms with E-state index in [1.54, 1.807) is 4.90 Å². The number of hydrogen-bond acceptors (Lipinski definition) is 3. The molecule has 0 aliphatic carbocycles. The molecule has 0 unspecified atom stereocenters. The lowest BCUT2D eigenvalue weighted by Gasteiger charge is -2.25. The maximum absolute atomic E-state index is 12.7. The van der Waals surface area contributed by atoms with Gasteiger partial charge in [0.1, 0.15) is 0 Å². The summed E-state index contributed by atoms with van der Waals surface area (Å²) in [5.74, 6) is -0.176. The van der Waals surface area contributed by atoms with Crippen LogP contribution in [0.15, 0.2) is 18.2 Å². The summed E-state index contributed by atoms with van der Waals surface area (Å²) in [6.45, 7) is 1.39. The summed E-state index contributed by atoms with van der Waals surface area (Å²) in [4.78, 5) is 18.1. The van der Waals surface area contributed by atoms with Gasteiger partial charge < -0.3 is 4.90 Å². The van der Waals surface area contributed by atoms with Gasteiger partial charge in [-0.1, -0.05) is 0 Å². The first-order valence-electron chi connectivity index (χ1n) is 6.72. The molecule has 1 aromatic carbocycles. The van der Waals surface area contributed by atoms with Gasteiger partial charge in [0.05, 0.1) is 15.8 Å². The van der Waals surface area contributed by atoms with Crippen molar-refractivity contribution in [2.45, 2.75) is 25.4 Å². The molecule has 112 valence electrons. The number of hydrogen-bond donors (Lipinski definition) is 0. The third kappa shape index (κ3) is 2.88. The number of carbonyl (C=O) groups is 1. The van der Waals surface area contributed by atoms with Gasteiger partial charge in [-0.2, -0.15) is 13.2 Å². The van der Waals surface area contributed by atoms with Crippen LogP contribution in [0.25, 0.3) is 10.2 Å². The van der Waals surface area contributed by atoms with E-state index in [0.717, 1.165) is 42.7 Å². The van der Waals surface area contributed by atoms with Crippen LogP contribution in [-0.2, 0) is 6.18 Å². The van der Waals surface area contributed by atoms with Crippen molar-refractivity contribution in [1.82, 2.24) is 9.88 Å². The Morgan fingerprint density at radius 1 is 1.19 bits per heavy atom. The second kappa shape index (κ2) is 5.29. The van der Waals surface area contributed by atoms with E-state index in [1.807, 2.05) is 0 Å². The molecule has 3 nitrogen and oxygen atoms in total. The molecule has 1 amide bonds. The fourth-order valence-electron chi connectivity index (χ4n) is 2.43. The maximum Gasteiger partial charge on any atom is 0.416 e. The van der Waals surface area contributed by atoms with E-state index in [0.29, 0.717) is 17.8 Å². The zero-order valence-corrected chi connectivity index (χ0v) is 11.9. The molecule has 7 heteroatoms. The molecule has 21 heavy (non-hydrogen) atoms. The Morgan fingerprint density at radius 3 is 2.57 bits per heavy atom. The average Bonchev–Trinajstić information content (AvgIpc) is 2.89. The molecule has 0 spiro atoms. The van der Waals surface area contributed by atoms with Crippen LogP contribution in [0.5, 0.6) is 0 Å². The monoisotopic (exact) mass is 314 g/mol. The van der Waals surface area contributed by atoms with Crippen molar-refractivity contribution < 1.29 is 18.0 Å². The van der Waals surface area contributed by atoms with E-state index in [4.69, 9.17) is 0 Å². The molecule has 0 saturated carbocycles. The van der Waals surface area contributed by atoms with Crippen molar-refractivity contribution in [3.63, 3.8) is 0 Å². The molecule has 2 heterocycles. The van der Waals surface area contributed by atoms with Crippen LogP contribution in [0.4, 0.5) is 13.2 Å². The highest BCUT2D eigenvalue weighted by atomic mass is 32.1. The number of piperidine rings is 1. The Kier molecular flexibility index (Phi) is 3.61. The number of amides is 1. The smallest absolute Gasteiger partial charge is 0.337 e. The van der Waals surface area contributed by atoms with Gasteiger partial charge in [0.25, 0.3) is 5.91 Å². The fraction of sp³-hybridized carbons (Fsp3) is 0.429. The maximum atomic E-state index is 12.7. The summed E-state index contributed by atoms with van der Waals surface area (Å²) in [6, 6.07) is 3.40. The van der Waals surface area contributed by atoms with Gasteiger partial charge in [-0.3, -0.25) is 4.79 Å². The minimum Gasteiger partial charge on any atom is -0.337 e. The molecular formula is C14H13F3N2OS. The quantitative estimate of drug-likeness (QED) is 0.799. The van der Waals surface area contributed by atoms with Crippen molar-refractivity contribution in [3.8, 4) is 0 Å². The van der Waals surface area contributed by atoms with Crippen LogP contribution in [0.3, 0.4) is 0 Å². The van der Waals surface area contributed by atoms with Gasteiger partial charge in [0, 0.05) is 13.1 Å². The van der Waals surface area contributed by atoms with E-state index >= 15 is 0 Å². The Bertz CT molecular complexity index is 674. The summed E-state index contributed by atoms with van der Waals surface area (Å²) >= 11 is 1.15. The number of thiazole rings is 1. The van der Waals surface area contributed by atoms with Crippen LogP contribution >= 0.6 is 11.3 Å². The highest BCUT2D eigenvalue weighted by Gasteiger charge is 2.31. The molecule has 0 bridgehead atoms. The number of rotatable bonds is 1. The second-order valence-corrected chi connectivity index (χ2v) is 6.08. The Morgan fingerprint density at radius 2 is 1.90 bits per heavy atom. The molecule has 0 radical (unpaired) electrons. The van der Waals surface area contributed by atoms with E-state index in [1.165, 1.54) is 6.07 Å². The predicted molar refractivity (Wildman–Crippen MR) is 74.4 cm³/mol. The van der Waals surface area contributed by atoms with Crippen LogP contribution in [0.2, 0.25) is 0 Å². The SMILES string of the molecule is O=C(c1nc2cc(C(F)(F)F)ccc2s1)N1CCCCC1. The summed E-state index contributed by atoms with van der Waals surface area (Å²) in [5.41, 5.74) is -0.507. The number of benzene rings is 1. The normalized spacial score (nSPS) is 16.4. The molecule has 1 saturated heterocycles. The van der Waals surface area contributed by atoms with E-state index < -0.39 is 11.7 Å². The summed E-state index contributed by atoms with van der Waals surface area (Å²) in [7, 11) is 0. The molecule has 1 fully saturated rings. The third-order valence-corrected chi connectivity index (χ3v) is 4.57. The zero-order valence-electron chi connectivity index (χ0n) is 11.1. The molecule has 0 atom stereocenters. The van der Waals surface area contributed by atoms with Gasteiger partial charge in [-0.05, 0) is 37.5 Å². The lowest BCUT2D eigenvalue weighted by atomic mass is 10.1. The van der Waals surface area contributed by atoms with Gasteiger partial charge >= 0.3 is 6.18 Å². The van der Waals surface area contributed by atoms with Crippen LogP contribution in [-0.4, -0.2) is 28.9 Å². The number of carbonyl (C=O) groups excluding carboxylic acids is 1. The van der Waals surface area contributed by atoms with Crippen molar-refractivity contribution in [2.75, 3.05) is 13.1 Å². The summed E-state index contributed by atoms with van der Waals surface area (Å²) in [5, 5.41) is 0.270. The molecular weight excluding hydrogens is 301 g/mol. The minimum atomic E-state index is -4.39. The molecule has 2 aromatic rings. The lowest BCUT2D eigenvalue weighted by molar-refractivity contribution is -0.137. The minimum absolute atomic E-state index is 0.176. The first kappa shape index (κ1) is 14.3.